The minimum Gasteiger partial charge on any atom is -0.393 e. The summed E-state index contributed by atoms with van der Waals surface area (Å²) in [5, 5.41) is 13.5. The maximum Gasteiger partial charge on any atom is 0.433 e. The summed E-state index contributed by atoms with van der Waals surface area (Å²) >= 11 is 6.35. The van der Waals surface area contributed by atoms with Gasteiger partial charge in [-0.05, 0) is 55.7 Å². The summed E-state index contributed by atoms with van der Waals surface area (Å²) in [5.41, 5.74) is -0.689. The number of amides is 2. The van der Waals surface area contributed by atoms with Gasteiger partial charge in [0.15, 0.2) is 5.69 Å². The van der Waals surface area contributed by atoms with Crippen LogP contribution < -0.4 is 0 Å². The Morgan fingerprint density at radius 1 is 1.16 bits per heavy atom. The minimum atomic E-state index is -4.66. The topological polar surface area (TPSA) is 78.2 Å². The SMILES string of the molecule is O=C(c1nn2c(C(F)(F)F)cc(C3CC3)cc2c1Cl)N1CCN([C@@H]2CC[C@@H](O)C2)C(=O)C1. The summed E-state index contributed by atoms with van der Waals surface area (Å²) in [5.74, 6) is -0.860. The van der Waals surface area contributed by atoms with Gasteiger partial charge in [0.25, 0.3) is 5.91 Å². The average Bonchev–Trinajstić information content (AvgIpc) is 3.42. The van der Waals surface area contributed by atoms with Crippen molar-refractivity contribution < 1.29 is 27.9 Å². The van der Waals surface area contributed by atoms with Gasteiger partial charge in [-0.15, -0.1) is 0 Å². The Kier molecular flexibility index (Phi) is 5.12. The average molecular weight is 471 g/mol. The molecule has 2 aromatic heterocycles. The molecule has 3 fully saturated rings. The molecule has 3 heterocycles. The number of piperazine rings is 1. The number of aliphatic hydroxyl groups excluding tert-OH is 1. The fraction of sp³-hybridized carbons (Fsp3) is 0.571. The largest absolute Gasteiger partial charge is 0.433 e. The third kappa shape index (κ3) is 3.73. The molecule has 1 N–H and O–H groups in total. The van der Waals surface area contributed by atoms with E-state index >= 15 is 0 Å². The molecule has 2 aliphatic carbocycles. The standard InChI is InChI=1S/C21H22ClF3N4O3/c22-18-15-7-12(11-1-2-11)8-16(21(23,24)25)29(15)26-19(18)20(32)27-5-6-28(17(31)10-27)13-3-4-14(30)9-13/h7-8,11,13-14,30H,1-6,9-10H2/t13-,14-/m1/s1. The molecule has 1 aliphatic heterocycles. The van der Waals surface area contributed by atoms with Crippen molar-refractivity contribution in [1.82, 2.24) is 19.4 Å². The van der Waals surface area contributed by atoms with E-state index in [-0.39, 0.29) is 47.2 Å². The maximum absolute atomic E-state index is 13.7. The first-order valence-corrected chi connectivity index (χ1v) is 11.1. The normalized spacial score (nSPS) is 24.6. The third-order valence-electron chi connectivity index (χ3n) is 6.60. The Bertz CT molecular complexity index is 1100. The highest BCUT2D eigenvalue weighted by Crippen LogP contribution is 2.43. The van der Waals surface area contributed by atoms with E-state index in [2.05, 4.69) is 5.10 Å². The van der Waals surface area contributed by atoms with E-state index in [1.807, 2.05) is 0 Å². The molecule has 32 heavy (non-hydrogen) atoms. The summed E-state index contributed by atoms with van der Waals surface area (Å²) in [4.78, 5) is 28.7. The number of fused-ring (bicyclic) bond motifs is 1. The lowest BCUT2D eigenvalue weighted by Gasteiger charge is -2.37. The van der Waals surface area contributed by atoms with Crippen LogP contribution in [0.4, 0.5) is 13.2 Å². The van der Waals surface area contributed by atoms with Gasteiger partial charge in [0.05, 0.1) is 16.6 Å². The van der Waals surface area contributed by atoms with Gasteiger partial charge in [0.2, 0.25) is 5.91 Å². The van der Waals surface area contributed by atoms with Gasteiger partial charge in [0, 0.05) is 19.1 Å². The highest BCUT2D eigenvalue weighted by molar-refractivity contribution is 6.36. The highest BCUT2D eigenvalue weighted by Gasteiger charge is 2.39. The number of aliphatic hydroxyl groups is 1. The first-order chi connectivity index (χ1) is 15.1. The molecule has 11 heteroatoms. The number of nitrogens with zero attached hydrogens (tertiary/aromatic N) is 4. The molecule has 0 unspecified atom stereocenters. The number of rotatable bonds is 3. The second-order valence-corrected chi connectivity index (χ2v) is 9.22. The Morgan fingerprint density at radius 3 is 2.50 bits per heavy atom. The van der Waals surface area contributed by atoms with Crippen molar-refractivity contribution in [3.63, 3.8) is 0 Å². The Balaban J connectivity index is 1.43. The van der Waals surface area contributed by atoms with Crippen LogP contribution in [0, 0.1) is 0 Å². The van der Waals surface area contributed by atoms with Crippen molar-refractivity contribution in [2.75, 3.05) is 19.6 Å². The van der Waals surface area contributed by atoms with Crippen LogP contribution in [-0.4, -0.2) is 68.1 Å². The number of carbonyl (C=O) groups is 2. The molecule has 0 bridgehead atoms. The molecule has 2 saturated carbocycles. The zero-order valence-corrected chi connectivity index (χ0v) is 17.9. The molecule has 1 saturated heterocycles. The highest BCUT2D eigenvalue weighted by atomic mass is 35.5. The summed E-state index contributed by atoms with van der Waals surface area (Å²) in [6, 6.07) is 2.58. The lowest BCUT2D eigenvalue weighted by molar-refractivity contribution is -0.142. The lowest BCUT2D eigenvalue weighted by atomic mass is 10.1. The first kappa shape index (κ1) is 21.5. The minimum absolute atomic E-state index is 0.0386. The van der Waals surface area contributed by atoms with E-state index in [0.29, 0.717) is 35.9 Å². The fourth-order valence-electron chi connectivity index (χ4n) is 4.74. The van der Waals surface area contributed by atoms with Gasteiger partial charge >= 0.3 is 6.18 Å². The molecule has 0 spiro atoms. The van der Waals surface area contributed by atoms with E-state index in [9.17, 15) is 27.9 Å². The smallest absolute Gasteiger partial charge is 0.393 e. The van der Waals surface area contributed by atoms with Crippen molar-refractivity contribution in [3.05, 3.63) is 34.1 Å². The Hall–Kier alpha value is -2.33. The quantitative estimate of drug-likeness (QED) is 0.748. The third-order valence-corrected chi connectivity index (χ3v) is 6.97. The van der Waals surface area contributed by atoms with Crippen molar-refractivity contribution in [3.8, 4) is 0 Å². The molecule has 7 nitrogen and oxygen atoms in total. The van der Waals surface area contributed by atoms with Gasteiger partial charge in [0.1, 0.15) is 12.2 Å². The van der Waals surface area contributed by atoms with E-state index < -0.39 is 23.9 Å². The van der Waals surface area contributed by atoms with E-state index in [4.69, 9.17) is 11.6 Å². The van der Waals surface area contributed by atoms with Crippen molar-refractivity contribution >= 4 is 28.9 Å². The molecule has 2 amide bonds. The summed E-state index contributed by atoms with van der Waals surface area (Å²) in [6.07, 6.45) is -1.59. The second kappa shape index (κ2) is 7.62. The van der Waals surface area contributed by atoms with Crippen molar-refractivity contribution in [2.45, 2.75) is 56.3 Å². The molecule has 5 rings (SSSR count). The van der Waals surface area contributed by atoms with Crippen LogP contribution in [-0.2, 0) is 11.0 Å². The summed E-state index contributed by atoms with van der Waals surface area (Å²) < 4.78 is 41.7. The van der Waals surface area contributed by atoms with Crippen LogP contribution in [0.3, 0.4) is 0 Å². The van der Waals surface area contributed by atoms with Crippen LogP contribution in [0.1, 0.15) is 59.8 Å². The first-order valence-electron chi connectivity index (χ1n) is 10.7. The van der Waals surface area contributed by atoms with Gasteiger partial charge in [-0.3, -0.25) is 9.59 Å². The van der Waals surface area contributed by atoms with Crippen molar-refractivity contribution in [2.24, 2.45) is 0 Å². The van der Waals surface area contributed by atoms with Crippen LogP contribution in [0.25, 0.3) is 5.52 Å². The summed E-state index contributed by atoms with van der Waals surface area (Å²) in [7, 11) is 0. The second-order valence-electron chi connectivity index (χ2n) is 8.84. The Morgan fingerprint density at radius 2 is 1.91 bits per heavy atom. The predicted molar refractivity (Wildman–Crippen MR) is 108 cm³/mol. The number of hydrogen-bond donors (Lipinski definition) is 1. The van der Waals surface area contributed by atoms with E-state index in [1.165, 1.54) is 4.90 Å². The Labute approximate surface area is 186 Å². The van der Waals surface area contributed by atoms with Crippen LogP contribution in [0.5, 0.6) is 0 Å². The molecule has 0 radical (unpaired) electrons. The molecule has 2 aromatic rings. The molecule has 172 valence electrons. The van der Waals surface area contributed by atoms with Gasteiger partial charge in [-0.2, -0.15) is 18.3 Å². The van der Waals surface area contributed by atoms with Crippen LogP contribution in [0.2, 0.25) is 5.02 Å². The number of halogens is 4. The van der Waals surface area contributed by atoms with Crippen molar-refractivity contribution in [1.29, 1.82) is 0 Å². The lowest BCUT2D eigenvalue weighted by Crippen LogP contribution is -2.55. The molecule has 0 aromatic carbocycles. The fourth-order valence-corrected chi connectivity index (χ4v) is 5.00. The summed E-state index contributed by atoms with van der Waals surface area (Å²) in [6.45, 7) is 0.322. The van der Waals surface area contributed by atoms with Crippen LogP contribution >= 0.6 is 11.6 Å². The van der Waals surface area contributed by atoms with Gasteiger partial charge in [-0.25, -0.2) is 4.52 Å². The number of carbonyl (C=O) groups excluding carboxylic acids is 2. The molecular weight excluding hydrogens is 449 g/mol. The maximum atomic E-state index is 13.7. The van der Waals surface area contributed by atoms with Gasteiger partial charge in [-0.1, -0.05) is 11.6 Å². The van der Waals surface area contributed by atoms with E-state index in [1.54, 1.807) is 11.0 Å². The number of aromatic nitrogens is 2. The monoisotopic (exact) mass is 470 g/mol. The zero-order valence-electron chi connectivity index (χ0n) is 17.1. The number of pyridine rings is 1. The predicted octanol–water partition coefficient (Wildman–Crippen LogP) is 3.08. The number of alkyl halides is 3. The van der Waals surface area contributed by atoms with E-state index in [0.717, 1.165) is 18.9 Å². The molecular formula is C21H22ClF3N4O3. The van der Waals surface area contributed by atoms with Crippen LogP contribution in [0.15, 0.2) is 12.1 Å². The van der Waals surface area contributed by atoms with Gasteiger partial charge < -0.3 is 14.9 Å². The number of hydrogen-bond acceptors (Lipinski definition) is 4. The zero-order chi connectivity index (χ0) is 22.8. The molecule has 2 atom stereocenters. The molecule has 3 aliphatic rings.